The van der Waals surface area contributed by atoms with Crippen molar-refractivity contribution in [3.05, 3.63) is 28.5 Å². The maximum absolute atomic E-state index is 9.44. The maximum atomic E-state index is 9.44. The zero-order valence-electron chi connectivity index (χ0n) is 9.06. The van der Waals surface area contributed by atoms with Gasteiger partial charge in [0.25, 0.3) is 0 Å². The lowest BCUT2D eigenvalue weighted by atomic mass is 10.1. The van der Waals surface area contributed by atoms with E-state index in [-0.39, 0.29) is 0 Å². The molecule has 0 spiro atoms. The lowest BCUT2D eigenvalue weighted by molar-refractivity contribution is 0.232. The number of aromatic nitrogens is 2. The van der Waals surface area contributed by atoms with Crippen LogP contribution in [0.15, 0.2) is 17.2 Å². The summed E-state index contributed by atoms with van der Waals surface area (Å²) in [4.78, 5) is 5.44. The van der Waals surface area contributed by atoms with Gasteiger partial charge in [-0.25, -0.2) is 4.98 Å². The van der Waals surface area contributed by atoms with Gasteiger partial charge in [0.15, 0.2) is 4.96 Å². The molecule has 0 aliphatic carbocycles. The topological polar surface area (TPSA) is 37.5 Å². The molecule has 0 radical (unpaired) electrons. The van der Waals surface area contributed by atoms with E-state index < -0.39 is 6.10 Å². The summed E-state index contributed by atoms with van der Waals surface area (Å²) in [7, 11) is 0. The molecule has 0 aromatic carbocycles. The first kappa shape index (κ1) is 10.4. The van der Waals surface area contributed by atoms with Gasteiger partial charge in [-0.1, -0.05) is 0 Å². The summed E-state index contributed by atoms with van der Waals surface area (Å²) in [5, 5.41) is 11.4. The zero-order valence-corrected chi connectivity index (χ0v) is 9.88. The predicted molar refractivity (Wildman–Crippen MR) is 63.1 cm³/mol. The van der Waals surface area contributed by atoms with Crippen LogP contribution < -0.4 is 0 Å². The fourth-order valence-corrected chi connectivity index (χ4v) is 2.19. The van der Waals surface area contributed by atoms with Crippen molar-refractivity contribution < 1.29 is 5.11 Å². The number of aliphatic hydroxyl groups excluding tert-OH is 1. The Morgan fingerprint density at radius 3 is 3.07 bits per heavy atom. The molecule has 3 nitrogen and oxygen atoms in total. The van der Waals surface area contributed by atoms with Gasteiger partial charge in [0, 0.05) is 11.6 Å². The summed E-state index contributed by atoms with van der Waals surface area (Å²) < 4.78 is 2.05. The van der Waals surface area contributed by atoms with Crippen LogP contribution in [0.1, 0.15) is 25.2 Å². The Kier molecular flexibility index (Phi) is 2.63. The molecule has 15 heavy (non-hydrogen) atoms. The highest BCUT2D eigenvalue weighted by Gasteiger charge is 2.08. The highest BCUT2D eigenvalue weighted by Crippen LogP contribution is 2.19. The molecular weight excluding hydrogens is 208 g/mol. The molecule has 0 aliphatic rings. The molecule has 0 fully saturated rings. The van der Waals surface area contributed by atoms with E-state index in [1.165, 1.54) is 0 Å². The normalized spacial score (nSPS) is 14.8. The monoisotopic (exact) mass is 222 g/mol. The lowest BCUT2D eigenvalue weighted by Gasteiger charge is -2.03. The number of thiazole rings is 1. The standard InChI is InChI=1S/C11H14N2OS/c1-7(9(3)14)6-10-8(2)12-11-13(10)4-5-15-11/h4-6,9,14H,1-3H3/b7-6+. The van der Waals surface area contributed by atoms with Crippen LogP contribution in [0, 0.1) is 6.92 Å². The Morgan fingerprint density at radius 1 is 1.67 bits per heavy atom. The minimum Gasteiger partial charge on any atom is -0.389 e. The average Bonchev–Trinajstić information content (AvgIpc) is 2.69. The minimum absolute atomic E-state index is 0.409. The van der Waals surface area contributed by atoms with Gasteiger partial charge in [-0.15, -0.1) is 11.3 Å². The number of aliphatic hydroxyl groups is 1. The molecule has 1 unspecified atom stereocenters. The first-order valence-corrected chi connectivity index (χ1v) is 5.76. The van der Waals surface area contributed by atoms with Crippen LogP contribution in [-0.4, -0.2) is 20.6 Å². The van der Waals surface area contributed by atoms with E-state index in [0.717, 1.165) is 21.9 Å². The summed E-state index contributed by atoms with van der Waals surface area (Å²) in [6.45, 7) is 5.68. The molecule has 0 amide bonds. The molecule has 0 saturated carbocycles. The number of hydrogen-bond donors (Lipinski definition) is 1. The highest BCUT2D eigenvalue weighted by molar-refractivity contribution is 7.15. The van der Waals surface area contributed by atoms with Crippen molar-refractivity contribution in [2.24, 2.45) is 0 Å². The van der Waals surface area contributed by atoms with Crippen LogP contribution in [0.2, 0.25) is 0 Å². The molecule has 1 N–H and O–H groups in total. The molecule has 2 heterocycles. The van der Waals surface area contributed by atoms with E-state index in [4.69, 9.17) is 0 Å². The van der Waals surface area contributed by atoms with Gasteiger partial charge >= 0.3 is 0 Å². The lowest BCUT2D eigenvalue weighted by Crippen LogP contribution is -2.01. The molecular formula is C11H14N2OS. The van der Waals surface area contributed by atoms with Crippen molar-refractivity contribution >= 4 is 22.4 Å². The molecule has 4 heteroatoms. The van der Waals surface area contributed by atoms with Crippen LogP contribution in [0.4, 0.5) is 0 Å². The molecule has 0 saturated heterocycles. The number of fused-ring (bicyclic) bond motifs is 1. The zero-order chi connectivity index (χ0) is 11.0. The van der Waals surface area contributed by atoms with Gasteiger partial charge in [-0.3, -0.25) is 4.40 Å². The number of rotatable bonds is 2. The average molecular weight is 222 g/mol. The fourth-order valence-electron chi connectivity index (χ4n) is 1.42. The van der Waals surface area contributed by atoms with E-state index in [1.807, 2.05) is 35.9 Å². The third-order valence-electron chi connectivity index (χ3n) is 2.51. The second kappa shape index (κ2) is 3.79. The van der Waals surface area contributed by atoms with E-state index in [0.29, 0.717) is 0 Å². The summed E-state index contributed by atoms with van der Waals surface area (Å²) >= 11 is 1.62. The van der Waals surface area contributed by atoms with Gasteiger partial charge in [-0.2, -0.15) is 0 Å². The van der Waals surface area contributed by atoms with Crippen molar-refractivity contribution in [2.75, 3.05) is 0 Å². The van der Waals surface area contributed by atoms with Crippen molar-refractivity contribution in [1.82, 2.24) is 9.38 Å². The van der Waals surface area contributed by atoms with Gasteiger partial charge < -0.3 is 5.11 Å². The third kappa shape index (κ3) is 1.82. The van der Waals surface area contributed by atoms with Crippen molar-refractivity contribution in [2.45, 2.75) is 26.9 Å². The second-order valence-corrected chi connectivity index (χ2v) is 4.58. The third-order valence-corrected chi connectivity index (χ3v) is 3.26. The molecule has 2 aromatic rings. The smallest absolute Gasteiger partial charge is 0.194 e. The summed E-state index contributed by atoms with van der Waals surface area (Å²) in [6.07, 6.45) is 3.59. The SMILES string of the molecule is C/C(=C\c1c(C)nc2sccn12)C(C)O. The second-order valence-electron chi connectivity index (χ2n) is 3.70. The van der Waals surface area contributed by atoms with Gasteiger partial charge in [0.1, 0.15) is 0 Å². The quantitative estimate of drug-likeness (QED) is 0.847. The predicted octanol–water partition coefficient (Wildman–Crippen LogP) is 2.49. The fraction of sp³-hybridized carbons (Fsp3) is 0.364. The highest BCUT2D eigenvalue weighted by atomic mass is 32.1. The molecule has 0 bridgehead atoms. The number of imidazole rings is 1. The first-order chi connectivity index (χ1) is 7.09. The van der Waals surface area contributed by atoms with Gasteiger partial charge in [-0.05, 0) is 32.4 Å². The first-order valence-electron chi connectivity index (χ1n) is 4.88. The Bertz CT molecular complexity index is 508. The molecule has 0 aliphatic heterocycles. The Hall–Kier alpha value is -1.13. The molecule has 2 aromatic heterocycles. The van der Waals surface area contributed by atoms with Crippen LogP contribution >= 0.6 is 11.3 Å². The summed E-state index contributed by atoms with van der Waals surface area (Å²) in [5.74, 6) is 0. The molecule has 2 rings (SSSR count). The largest absolute Gasteiger partial charge is 0.389 e. The van der Waals surface area contributed by atoms with Crippen molar-refractivity contribution in [1.29, 1.82) is 0 Å². The summed E-state index contributed by atoms with van der Waals surface area (Å²) in [5.41, 5.74) is 3.01. The Balaban J connectivity index is 2.55. The molecule has 80 valence electrons. The van der Waals surface area contributed by atoms with E-state index in [9.17, 15) is 5.11 Å². The van der Waals surface area contributed by atoms with Crippen LogP contribution in [0.3, 0.4) is 0 Å². The van der Waals surface area contributed by atoms with Crippen LogP contribution in [-0.2, 0) is 0 Å². The van der Waals surface area contributed by atoms with Gasteiger partial charge in [0.05, 0.1) is 17.5 Å². The van der Waals surface area contributed by atoms with E-state index >= 15 is 0 Å². The number of aryl methyl sites for hydroxylation is 1. The Labute approximate surface area is 92.7 Å². The Morgan fingerprint density at radius 2 is 2.40 bits per heavy atom. The minimum atomic E-state index is -0.409. The maximum Gasteiger partial charge on any atom is 0.194 e. The summed E-state index contributed by atoms with van der Waals surface area (Å²) in [6, 6.07) is 0. The number of nitrogens with zero attached hydrogens (tertiary/aromatic N) is 2. The van der Waals surface area contributed by atoms with E-state index in [2.05, 4.69) is 4.98 Å². The molecule has 1 atom stereocenters. The number of hydrogen-bond acceptors (Lipinski definition) is 3. The van der Waals surface area contributed by atoms with Crippen molar-refractivity contribution in [3.8, 4) is 0 Å². The van der Waals surface area contributed by atoms with E-state index in [1.54, 1.807) is 18.3 Å². The van der Waals surface area contributed by atoms with Gasteiger partial charge in [0.2, 0.25) is 0 Å². The van der Waals surface area contributed by atoms with Crippen LogP contribution in [0.5, 0.6) is 0 Å². The van der Waals surface area contributed by atoms with Crippen molar-refractivity contribution in [3.63, 3.8) is 0 Å². The van der Waals surface area contributed by atoms with Crippen LogP contribution in [0.25, 0.3) is 11.0 Å².